The van der Waals surface area contributed by atoms with Gasteiger partial charge in [0.2, 0.25) is 0 Å². The van der Waals surface area contributed by atoms with Crippen LogP contribution in [0.25, 0.3) is 11.3 Å². The van der Waals surface area contributed by atoms with E-state index in [9.17, 15) is 14.0 Å². The predicted octanol–water partition coefficient (Wildman–Crippen LogP) is 3.59. The molecule has 1 aliphatic heterocycles. The predicted molar refractivity (Wildman–Crippen MR) is 87.3 cm³/mol. The normalized spacial score (nSPS) is 13.4. The van der Waals surface area contributed by atoms with Crippen LogP contribution in [0.1, 0.15) is 32.0 Å². The second kappa shape index (κ2) is 5.66. The van der Waals surface area contributed by atoms with Gasteiger partial charge in [-0.25, -0.2) is 4.39 Å². The number of fused-ring (bicyclic) bond motifs is 1. The van der Waals surface area contributed by atoms with Crippen molar-refractivity contribution in [1.82, 2.24) is 10.1 Å². The van der Waals surface area contributed by atoms with Crippen molar-refractivity contribution in [2.75, 3.05) is 0 Å². The zero-order chi connectivity index (χ0) is 17.6. The average Bonchev–Trinajstić information content (AvgIpc) is 3.09. The SMILES string of the molecule is Cc1onc(-c2cccc(F)c2)c1CN1C(=O)c2ccccc2C1=O. The third kappa shape index (κ3) is 2.42. The summed E-state index contributed by atoms with van der Waals surface area (Å²) in [6, 6.07) is 12.6. The second-order valence-electron chi connectivity index (χ2n) is 5.82. The number of carbonyl (C=O) groups is 2. The van der Waals surface area contributed by atoms with Crippen molar-refractivity contribution in [1.29, 1.82) is 0 Å². The van der Waals surface area contributed by atoms with E-state index in [2.05, 4.69) is 5.16 Å². The lowest BCUT2D eigenvalue weighted by Gasteiger charge is -2.14. The first-order valence-electron chi connectivity index (χ1n) is 7.72. The molecule has 0 atom stereocenters. The molecular formula is C19H13FN2O3. The molecule has 5 nitrogen and oxygen atoms in total. The molecule has 0 radical (unpaired) electrons. The quantitative estimate of drug-likeness (QED) is 0.686. The molecule has 0 unspecified atom stereocenters. The number of benzene rings is 2. The Labute approximate surface area is 142 Å². The summed E-state index contributed by atoms with van der Waals surface area (Å²) in [5.74, 6) is -0.626. The van der Waals surface area contributed by atoms with E-state index in [1.165, 1.54) is 12.1 Å². The Kier molecular flexibility index (Phi) is 3.46. The van der Waals surface area contributed by atoms with Crippen LogP contribution in [0.3, 0.4) is 0 Å². The summed E-state index contributed by atoms with van der Waals surface area (Å²) in [5.41, 5.74) is 2.31. The highest BCUT2D eigenvalue weighted by Crippen LogP contribution is 2.30. The van der Waals surface area contributed by atoms with Crippen molar-refractivity contribution in [3.63, 3.8) is 0 Å². The summed E-state index contributed by atoms with van der Waals surface area (Å²) in [7, 11) is 0. The number of carbonyl (C=O) groups excluding carboxylic acids is 2. The summed E-state index contributed by atoms with van der Waals surface area (Å²) in [4.78, 5) is 26.2. The van der Waals surface area contributed by atoms with E-state index in [4.69, 9.17) is 4.52 Å². The molecule has 2 aromatic carbocycles. The van der Waals surface area contributed by atoms with Gasteiger partial charge >= 0.3 is 0 Å². The van der Waals surface area contributed by atoms with E-state index in [-0.39, 0.29) is 18.4 Å². The van der Waals surface area contributed by atoms with Crippen molar-refractivity contribution in [3.8, 4) is 11.3 Å². The van der Waals surface area contributed by atoms with Gasteiger partial charge in [0.15, 0.2) is 0 Å². The molecule has 1 aliphatic rings. The Hall–Kier alpha value is -3.28. The number of rotatable bonds is 3. The van der Waals surface area contributed by atoms with E-state index < -0.39 is 5.82 Å². The first-order chi connectivity index (χ1) is 12.1. The molecule has 6 heteroatoms. The molecule has 2 amide bonds. The van der Waals surface area contributed by atoms with Crippen LogP contribution < -0.4 is 0 Å². The van der Waals surface area contributed by atoms with Gasteiger partial charge in [0.25, 0.3) is 11.8 Å². The molecule has 0 saturated heterocycles. The number of aromatic nitrogens is 1. The van der Waals surface area contributed by atoms with Gasteiger partial charge < -0.3 is 4.52 Å². The first kappa shape index (κ1) is 15.3. The maximum absolute atomic E-state index is 13.5. The third-order valence-corrected chi connectivity index (χ3v) is 4.28. The lowest BCUT2D eigenvalue weighted by Crippen LogP contribution is -2.29. The molecule has 124 valence electrons. The van der Waals surface area contributed by atoms with Crippen LogP contribution in [-0.4, -0.2) is 21.9 Å². The van der Waals surface area contributed by atoms with Crippen LogP contribution >= 0.6 is 0 Å². The van der Waals surface area contributed by atoms with Crippen LogP contribution in [0, 0.1) is 12.7 Å². The fourth-order valence-corrected chi connectivity index (χ4v) is 2.98. The van der Waals surface area contributed by atoms with Crippen molar-refractivity contribution in [2.45, 2.75) is 13.5 Å². The van der Waals surface area contributed by atoms with Gasteiger partial charge in [-0.3, -0.25) is 14.5 Å². The van der Waals surface area contributed by atoms with E-state index >= 15 is 0 Å². The first-order valence-corrected chi connectivity index (χ1v) is 7.72. The van der Waals surface area contributed by atoms with Crippen LogP contribution in [0.4, 0.5) is 4.39 Å². The monoisotopic (exact) mass is 336 g/mol. The van der Waals surface area contributed by atoms with Gasteiger partial charge in [-0.15, -0.1) is 0 Å². The highest BCUT2D eigenvalue weighted by molar-refractivity contribution is 6.21. The molecule has 0 bridgehead atoms. The third-order valence-electron chi connectivity index (χ3n) is 4.28. The average molecular weight is 336 g/mol. The van der Waals surface area contributed by atoms with Crippen LogP contribution in [-0.2, 0) is 6.54 Å². The summed E-state index contributed by atoms with van der Waals surface area (Å²) in [5, 5.41) is 3.98. The molecule has 0 aliphatic carbocycles. The van der Waals surface area contributed by atoms with Gasteiger partial charge in [-0.05, 0) is 31.2 Å². The lowest BCUT2D eigenvalue weighted by molar-refractivity contribution is 0.0642. The van der Waals surface area contributed by atoms with Crippen LogP contribution in [0.5, 0.6) is 0 Å². The van der Waals surface area contributed by atoms with Crippen LogP contribution in [0.15, 0.2) is 53.1 Å². The number of hydrogen-bond acceptors (Lipinski definition) is 4. The molecule has 2 heterocycles. The minimum Gasteiger partial charge on any atom is -0.361 e. The Morgan fingerprint density at radius 3 is 2.36 bits per heavy atom. The van der Waals surface area contributed by atoms with E-state index in [0.717, 1.165) is 4.90 Å². The van der Waals surface area contributed by atoms with E-state index in [1.807, 2.05) is 0 Å². The van der Waals surface area contributed by atoms with Crippen molar-refractivity contribution < 1.29 is 18.5 Å². The number of halogens is 1. The molecule has 3 aromatic rings. The van der Waals surface area contributed by atoms with Gasteiger partial charge in [0.1, 0.15) is 17.3 Å². The summed E-state index contributed by atoms with van der Waals surface area (Å²) < 4.78 is 18.7. The molecular weight excluding hydrogens is 323 g/mol. The lowest BCUT2D eigenvalue weighted by atomic mass is 10.1. The van der Waals surface area contributed by atoms with Crippen molar-refractivity contribution in [2.24, 2.45) is 0 Å². The van der Waals surface area contributed by atoms with Crippen molar-refractivity contribution in [3.05, 3.63) is 76.8 Å². The second-order valence-corrected chi connectivity index (χ2v) is 5.82. The maximum Gasteiger partial charge on any atom is 0.261 e. The fraction of sp³-hybridized carbons (Fsp3) is 0.105. The molecule has 1 aromatic heterocycles. The zero-order valence-corrected chi connectivity index (χ0v) is 13.3. The smallest absolute Gasteiger partial charge is 0.261 e. The molecule has 0 saturated carbocycles. The summed E-state index contributed by atoms with van der Waals surface area (Å²) >= 11 is 0. The van der Waals surface area contributed by atoms with Gasteiger partial charge in [-0.1, -0.05) is 29.4 Å². The van der Waals surface area contributed by atoms with Crippen molar-refractivity contribution >= 4 is 11.8 Å². The topological polar surface area (TPSA) is 63.4 Å². The molecule has 0 N–H and O–H groups in total. The van der Waals surface area contributed by atoms with Gasteiger partial charge in [0.05, 0.1) is 17.7 Å². The highest BCUT2D eigenvalue weighted by Gasteiger charge is 2.36. The maximum atomic E-state index is 13.5. The summed E-state index contributed by atoms with van der Waals surface area (Å²) in [6.07, 6.45) is 0. The van der Waals surface area contributed by atoms with Gasteiger partial charge in [-0.2, -0.15) is 0 Å². The summed E-state index contributed by atoms with van der Waals surface area (Å²) in [6.45, 7) is 1.72. The molecule has 25 heavy (non-hydrogen) atoms. The number of nitrogens with zero attached hydrogens (tertiary/aromatic N) is 2. The van der Waals surface area contributed by atoms with Gasteiger partial charge in [0, 0.05) is 11.1 Å². The van der Waals surface area contributed by atoms with E-state index in [1.54, 1.807) is 43.3 Å². The van der Waals surface area contributed by atoms with E-state index in [0.29, 0.717) is 33.7 Å². The zero-order valence-electron chi connectivity index (χ0n) is 13.3. The number of amides is 2. The highest BCUT2D eigenvalue weighted by atomic mass is 19.1. The number of hydrogen-bond donors (Lipinski definition) is 0. The molecule has 4 rings (SSSR count). The molecule has 0 fully saturated rings. The Bertz CT molecular complexity index is 974. The Balaban J connectivity index is 1.72. The minimum absolute atomic E-state index is 0.0214. The number of imide groups is 1. The standard InChI is InChI=1S/C19H13FN2O3/c1-11-16(17(21-25-11)12-5-4-6-13(20)9-12)10-22-18(23)14-7-2-3-8-15(14)19(22)24/h2-9H,10H2,1H3. The largest absolute Gasteiger partial charge is 0.361 e. The minimum atomic E-state index is -0.398. The number of aryl methyl sites for hydroxylation is 1. The van der Waals surface area contributed by atoms with Crippen LogP contribution in [0.2, 0.25) is 0 Å². The Morgan fingerprint density at radius 1 is 1.04 bits per heavy atom. The molecule has 0 spiro atoms. The Morgan fingerprint density at radius 2 is 1.72 bits per heavy atom. The fourth-order valence-electron chi connectivity index (χ4n) is 2.98.